The van der Waals surface area contributed by atoms with Gasteiger partial charge in [0.2, 0.25) is 5.91 Å². The van der Waals surface area contributed by atoms with E-state index in [1.165, 1.54) is 4.88 Å². The van der Waals surface area contributed by atoms with E-state index in [-0.39, 0.29) is 29.9 Å². The minimum absolute atomic E-state index is 0. The highest BCUT2D eigenvalue weighted by molar-refractivity contribution is 14.0. The third-order valence-corrected chi connectivity index (χ3v) is 5.36. The van der Waals surface area contributed by atoms with Crippen LogP contribution in [-0.4, -0.2) is 67.6 Å². The summed E-state index contributed by atoms with van der Waals surface area (Å²) in [6.45, 7) is 8.11. The van der Waals surface area contributed by atoms with Crippen molar-refractivity contribution in [3.05, 3.63) is 16.1 Å². The Kier molecular flexibility index (Phi) is 11.8. The summed E-state index contributed by atoms with van der Waals surface area (Å²) >= 11 is 1.74. The first kappa shape index (κ1) is 24.1. The van der Waals surface area contributed by atoms with E-state index in [4.69, 9.17) is 0 Å². The van der Waals surface area contributed by atoms with Crippen LogP contribution in [0.25, 0.3) is 0 Å². The molecule has 3 N–H and O–H groups in total. The summed E-state index contributed by atoms with van der Waals surface area (Å²) in [4.78, 5) is 24.0. The van der Waals surface area contributed by atoms with Crippen LogP contribution >= 0.6 is 35.3 Å². The fraction of sp³-hybridized carbons (Fsp3) is 0.722. The summed E-state index contributed by atoms with van der Waals surface area (Å²) in [5, 5.41) is 11.0. The van der Waals surface area contributed by atoms with Crippen LogP contribution in [0.2, 0.25) is 0 Å². The quantitative estimate of drug-likeness (QED) is 0.283. The minimum atomic E-state index is 0. The first-order valence-corrected chi connectivity index (χ1v) is 10.3. The molecule has 1 amide bonds. The van der Waals surface area contributed by atoms with Crippen LogP contribution in [0, 0.1) is 6.92 Å². The molecule has 7 nitrogen and oxygen atoms in total. The third kappa shape index (κ3) is 9.20. The van der Waals surface area contributed by atoms with E-state index in [1.54, 1.807) is 18.4 Å². The molecule has 9 heteroatoms. The molecule has 1 aromatic rings. The van der Waals surface area contributed by atoms with Crippen molar-refractivity contribution >= 4 is 47.2 Å². The lowest BCUT2D eigenvalue weighted by Crippen LogP contribution is -2.50. The fourth-order valence-electron chi connectivity index (χ4n) is 2.95. The second kappa shape index (κ2) is 13.3. The topological polar surface area (TPSA) is 81.7 Å². The molecule has 0 bridgehead atoms. The van der Waals surface area contributed by atoms with Crippen molar-refractivity contribution in [2.45, 2.75) is 45.6 Å². The van der Waals surface area contributed by atoms with Gasteiger partial charge in [-0.3, -0.25) is 14.7 Å². The summed E-state index contributed by atoms with van der Waals surface area (Å²) in [5.41, 5.74) is 0. The molecule has 0 spiro atoms. The SMILES string of the molecule is CCCNC(=O)CN1CCC(NC(=NC)NCCc2ncc(C)s2)CC1.I. The number of likely N-dealkylation sites (tertiary alicyclic amines) is 1. The number of amides is 1. The van der Waals surface area contributed by atoms with Gasteiger partial charge in [0.05, 0.1) is 11.6 Å². The monoisotopic (exact) mass is 508 g/mol. The molecule has 0 atom stereocenters. The van der Waals surface area contributed by atoms with E-state index in [0.29, 0.717) is 12.6 Å². The van der Waals surface area contributed by atoms with Gasteiger partial charge in [-0.15, -0.1) is 35.3 Å². The second-order valence-electron chi connectivity index (χ2n) is 6.66. The summed E-state index contributed by atoms with van der Waals surface area (Å²) in [5.74, 6) is 0.977. The average molecular weight is 508 g/mol. The molecule has 154 valence electrons. The molecule has 0 unspecified atom stereocenters. The molecule has 2 heterocycles. The van der Waals surface area contributed by atoms with Gasteiger partial charge in [0.1, 0.15) is 0 Å². The van der Waals surface area contributed by atoms with Crippen LogP contribution in [0.1, 0.15) is 36.1 Å². The van der Waals surface area contributed by atoms with E-state index in [0.717, 1.165) is 62.8 Å². The zero-order chi connectivity index (χ0) is 18.8. The number of hydrogen-bond donors (Lipinski definition) is 3. The van der Waals surface area contributed by atoms with Crippen LogP contribution in [0.3, 0.4) is 0 Å². The van der Waals surface area contributed by atoms with Crippen molar-refractivity contribution in [2.24, 2.45) is 4.99 Å². The Labute approximate surface area is 183 Å². The number of aromatic nitrogens is 1. The highest BCUT2D eigenvalue weighted by atomic mass is 127. The number of aliphatic imine (C=N–C) groups is 1. The van der Waals surface area contributed by atoms with Crippen molar-refractivity contribution in [1.82, 2.24) is 25.8 Å². The zero-order valence-corrected chi connectivity index (χ0v) is 19.7. The highest BCUT2D eigenvalue weighted by Gasteiger charge is 2.21. The van der Waals surface area contributed by atoms with Crippen molar-refractivity contribution in [3.8, 4) is 0 Å². The average Bonchev–Trinajstić information content (AvgIpc) is 3.05. The first-order valence-electron chi connectivity index (χ1n) is 9.48. The Balaban J connectivity index is 0.00000364. The third-order valence-electron chi connectivity index (χ3n) is 4.39. The standard InChI is InChI=1S/C18H32N6OS.HI/c1-4-8-20-16(25)13-24-10-6-15(7-11-24)23-18(19-3)21-9-5-17-22-12-14(2)26-17;/h12,15H,4-11,13H2,1-3H3,(H,20,25)(H2,19,21,23);1H. The lowest BCUT2D eigenvalue weighted by molar-refractivity contribution is -0.122. The molecule has 0 saturated carbocycles. The molecule has 1 aliphatic rings. The van der Waals surface area contributed by atoms with E-state index in [2.05, 4.69) is 44.7 Å². The van der Waals surface area contributed by atoms with Gasteiger partial charge in [0.25, 0.3) is 0 Å². The van der Waals surface area contributed by atoms with Crippen LogP contribution in [-0.2, 0) is 11.2 Å². The molecule has 2 rings (SSSR count). The van der Waals surface area contributed by atoms with Crippen molar-refractivity contribution in [2.75, 3.05) is 39.8 Å². The highest BCUT2D eigenvalue weighted by Crippen LogP contribution is 2.11. The van der Waals surface area contributed by atoms with Gasteiger partial charge in [0.15, 0.2) is 5.96 Å². The molecule has 27 heavy (non-hydrogen) atoms. The maximum absolute atomic E-state index is 11.8. The van der Waals surface area contributed by atoms with Crippen LogP contribution in [0.4, 0.5) is 0 Å². The lowest BCUT2D eigenvalue weighted by atomic mass is 10.1. The van der Waals surface area contributed by atoms with Crippen LogP contribution < -0.4 is 16.0 Å². The lowest BCUT2D eigenvalue weighted by Gasteiger charge is -2.32. The summed E-state index contributed by atoms with van der Waals surface area (Å²) in [6, 6.07) is 0.401. The number of thiazole rings is 1. The Morgan fingerprint density at radius 2 is 2.07 bits per heavy atom. The van der Waals surface area contributed by atoms with E-state index in [1.807, 2.05) is 6.20 Å². The minimum Gasteiger partial charge on any atom is -0.356 e. The smallest absolute Gasteiger partial charge is 0.234 e. The summed E-state index contributed by atoms with van der Waals surface area (Å²) in [6.07, 6.45) is 5.85. The Hall–Kier alpha value is -0.940. The molecule has 0 aromatic carbocycles. The Morgan fingerprint density at radius 3 is 2.67 bits per heavy atom. The largest absolute Gasteiger partial charge is 0.356 e. The van der Waals surface area contributed by atoms with Crippen molar-refractivity contribution in [1.29, 1.82) is 0 Å². The van der Waals surface area contributed by atoms with Crippen molar-refractivity contribution < 1.29 is 4.79 Å². The summed E-state index contributed by atoms with van der Waals surface area (Å²) in [7, 11) is 1.80. The van der Waals surface area contributed by atoms with Gasteiger partial charge in [-0.25, -0.2) is 4.98 Å². The fourth-order valence-corrected chi connectivity index (χ4v) is 3.74. The van der Waals surface area contributed by atoms with Crippen molar-refractivity contribution in [3.63, 3.8) is 0 Å². The number of aryl methyl sites for hydroxylation is 1. The number of guanidine groups is 1. The maximum Gasteiger partial charge on any atom is 0.234 e. The molecule has 1 aromatic heterocycles. The van der Waals surface area contributed by atoms with E-state index < -0.39 is 0 Å². The molecule has 0 aliphatic carbocycles. The Morgan fingerprint density at radius 1 is 1.33 bits per heavy atom. The number of hydrogen-bond acceptors (Lipinski definition) is 5. The molecule has 1 aliphatic heterocycles. The second-order valence-corrected chi connectivity index (χ2v) is 7.98. The number of carbonyl (C=O) groups is 1. The van der Waals surface area contributed by atoms with E-state index >= 15 is 0 Å². The predicted molar refractivity (Wildman–Crippen MR) is 123 cm³/mol. The van der Waals surface area contributed by atoms with Crippen LogP contribution in [0.15, 0.2) is 11.2 Å². The van der Waals surface area contributed by atoms with Gasteiger partial charge in [-0.05, 0) is 26.2 Å². The van der Waals surface area contributed by atoms with Crippen LogP contribution in [0.5, 0.6) is 0 Å². The Bertz CT molecular complexity index is 586. The molecular formula is C18H33IN6OS. The number of carbonyl (C=O) groups excluding carboxylic acids is 1. The molecule has 1 saturated heterocycles. The van der Waals surface area contributed by atoms with Gasteiger partial charge in [0, 0.05) is 56.8 Å². The number of nitrogens with zero attached hydrogens (tertiary/aromatic N) is 3. The first-order chi connectivity index (χ1) is 12.6. The normalized spacial score (nSPS) is 15.9. The molecule has 1 fully saturated rings. The molecular weight excluding hydrogens is 475 g/mol. The number of halogens is 1. The number of piperidine rings is 1. The van der Waals surface area contributed by atoms with E-state index in [9.17, 15) is 4.79 Å². The van der Waals surface area contributed by atoms with Gasteiger partial charge >= 0.3 is 0 Å². The number of rotatable bonds is 8. The maximum atomic E-state index is 11.8. The predicted octanol–water partition coefficient (Wildman–Crippen LogP) is 1.77. The van der Waals surface area contributed by atoms with Gasteiger partial charge in [-0.2, -0.15) is 0 Å². The zero-order valence-electron chi connectivity index (χ0n) is 16.6. The molecule has 0 radical (unpaired) electrons. The number of nitrogens with one attached hydrogen (secondary N) is 3. The van der Waals surface area contributed by atoms with Gasteiger partial charge in [-0.1, -0.05) is 6.92 Å². The van der Waals surface area contributed by atoms with Gasteiger partial charge < -0.3 is 16.0 Å². The summed E-state index contributed by atoms with van der Waals surface area (Å²) < 4.78 is 0.